The van der Waals surface area contributed by atoms with Crippen molar-refractivity contribution in [3.63, 3.8) is 0 Å². The Morgan fingerprint density at radius 1 is 1.29 bits per heavy atom. The van der Waals surface area contributed by atoms with Crippen LogP contribution < -0.4 is 10.5 Å². The predicted octanol–water partition coefficient (Wildman–Crippen LogP) is 0.707. The zero-order chi connectivity index (χ0) is 16.0. The first-order valence-corrected chi connectivity index (χ1v) is 7.91. The van der Waals surface area contributed by atoms with Crippen LogP contribution in [0.15, 0.2) is 29.2 Å². The van der Waals surface area contributed by atoms with Crippen LogP contribution in [0.1, 0.15) is 36.5 Å². The van der Waals surface area contributed by atoms with Crippen molar-refractivity contribution in [3.05, 3.63) is 29.8 Å². The molecule has 8 heteroatoms. The lowest BCUT2D eigenvalue weighted by molar-refractivity contribution is -0.139. The number of rotatable bonds is 8. The molecule has 0 saturated heterocycles. The third-order valence-corrected chi connectivity index (χ3v) is 4.38. The van der Waals surface area contributed by atoms with Gasteiger partial charge in [-0.1, -0.05) is 19.8 Å². The number of nitrogens with one attached hydrogen (secondary N) is 1. The monoisotopic (exact) mass is 314 g/mol. The van der Waals surface area contributed by atoms with Crippen molar-refractivity contribution >= 4 is 21.9 Å². The Balaban J connectivity index is 2.93. The number of carboxylic acids is 1. The summed E-state index contributed by atoms with van der Waals surface area (Å²) in [5.74, 6) is -1.89. The highest BCUT2D eigenvalue weighted by molar-refractivity contribution is 7.89. The molecule has 1 rings (SSSR count). The molecular formula is C13H18N2O5S. The topological polar surface area (TPSA) is 127 Å². The molecule has 21 heavy (non-hydrogen) atoms. The average molecular weight is 314 g/mol. The minimum Gasteiger partial charge on any atom is -0.480 e. The number of primary amides is 1. The zero-order valence-electron chi connectivity index (χ0n) is 11.6. The molecular weight excluding hydrogens is 296 g/mol. The quantitative estimate of drug-likeness (QED) is 0.651. The standard InChI is InChI=1S/C13H18N2O5S/c1-2-3-4-11(13(17)18)15-21(19,20)10-7-5-9(6-8-10)12(14)16/h5-8,11,15H,2-4H2,1H3,(H2,14,16)(H,17,18)/t11-/m0/s1. The van der Waals surface area contributed by atoms with E-state index in [0.717, 1.165) is 6.42 Å². The van der Waals surface area contributed by atoms with E-state index >= 15 is 0 Å². The van der Waals surface area contributed by atoms with Crippen LogP contribution in [0.2, 0.25) is 0 Å². The molecule has 0 heterocycles. The van der Waals surface area contributed by atoms with E-state index in [0.29, 0.717) is 6.42 Å². The normalized spacial score (nSPS) is 12.8. The van der Waals surface area contributed by atoms with E-state index in [9.17, 15) is 18.0 Å². The number of sulfonamides is 1. The molecule has 0 aliphatic heterocycles. The van der Waals surface area contributed by atoms with Crippen molar-refractivity contribution < 1.29 is 23.1 Å². The second kappa shape index (κ2) is 7.19. The Labute approximate surface area is 123 Å². The summed E-state index contributed by atoms with van der Waals surface area (Å²) >= 11 is 0. The molecule has 0 aliphatic rings. The number of hydrogen-bond acceptors (Lipinski definition) is 4. The maximum absolute atomic E-state index is 12.1. The minimum absolute atomic E-state index is 0.116. The lowest BCUT2D eigenvalue weighted by atomic mass is 10.1. The Morgan fingerprint density at radius 2 is 1.86 bits per heavy atom. The average Bonchev–Trinajstić information content (AvgIpc) is 2.43. The zero-order valence-corrected chi connectivity index (χ0v) is 12.4. The number of unbranched alkanes of at least 4 members (excludes halogenated alkanes) is 1. The first-order chi connectivity index (χ1) is 9.77. The highest BCUT2D eigenvalue weighted by Crippen LogP contribution is 2.12. The maximum Gasteiger partial charge on any atom is 0.321 e. The Hall–Kier alpha value is -1.93. The van der Waals surface area contributed by atoms with Gasteiger partial charge in [0.25, 0.3) is 0 Å². The van der Waals surface area contributed by atoms with Gasteiger partial charge < -0.3 is 10.8 Å². The largest absolute Gasteiger partial charge is 0.480 e. The van der Waals surface area contributed by atoms with E-state index in [-0.39, 0.29) is 16.9 Å². The minimum atomic E-state index is -3.96. The molecule has 0 unspecified atom stereocenters. The van der Waals surface area contributed by atoms with Gasteiger partial charge in [0.15, 0.2) is 0 Å². The van der Waals surface area contributed by atoms with Crippen molar-refractivity contribution in [3.8, 4) is 0 Å². The lowest BCUT2D eigenvalue weighted by Crippen LogP contribution is -2.40. The number of amides is 1. The summed E-state index contributed by atoms with van der Waals surface area (Å²) in [6.07, 6.45) is 1.57. The van der Waals surface area contributed by atoms with Crippen molar-refractivity contribution in [1.82, 2.24) is 4.72 Å². The van der Waals surface area contributed by atoms with Gasteiger partial charge in [0.05, 0.1) is 4.90 Å². The van der Waals surface area contributed by atoms with Crippen molar-refractivity contribution in [1.29, 1.82) is 0 Å². The molecule has 0 radical (unpaired) electrons. The van der Waals surface area contributed by atoms with Crippen LogP contribution in [0, 0.1) is 0 Å². The molecule has 1 atom stereocenters. The first kappa shape index (κ1) is 17.1. The van der Waals surface area contributed by atoms with E-state index in [1.54, 1.807) is 0 Å². The number of nitrogens with two attached hydrogens (primary N) is 1. The summed E-state index contributed by atoms with van der Waals surface area (Å²) in [4.78, 5) is 21.9. The molecule has 7 nitrogen and oxygen atoms in total. The van der Waals surface area contributed by atoms with Crippen molar-refractivity contribution in [2.75, 3.05) is 0 Å². The highest BCUT2D eigenvalue weighted by atomic mass is 32.2. The summed E-state index contributed by atoms with van der Waals surface area (Å²) in [7, 11) is -3.96. The Bertz CT molecular complexity index is 610. The van der Waals surface area contributed by atoms with Gasteiger partial charge in [0.1, 0.15) is 6.04 Å². The molecule has 0 bridgehead atoms. The van der Waals surface area contributed by atoms with Gasteiger partial charge in [0.2, 0.25) is 15.9 Å². The van der Waals surface area contributed by atoms with E-state index < -0.39 is 27.9 Å². The number of carbonyl (C=O) groups excluding carboxylic acids is 1. The van der Waals surface area contributed by atoms with Crippen LogP contribution in [0.3, 0.4) is 0 Å². The molecule has 4 N–H and O–H groups in total. The maximum atomic E-state index is 12.1. The molecule has 0 fully saturated rings. The van der Waals surface area contributed by atoms with Gasteiger partial charge in [-0.2, -0.15) is 4.72 Å². The SMILES string of the molecule is CCCC[C@H](NS(=O)(=O)c1ccc(C(N)=O)cc1)C(=O)O. The molecule has 0 aliphatic carbocycles. The van der Waals surface area contributed by atoms with Gasteiger partial charge in [-0.3, -0.25) is 9.59 Å². The molecule has 0 spiro atoms. The summed E-state index contributed by atoms with van der Waals surface area (Å²) in [5.41, 5.74) is 5.24. The van der Waals surface area contributed by atoms with E-state index in [4.69, 9.17) is 10.8 Å². The Morgan fingerprint density at radius 3 is 2.29 bits per heavy atom. The molecule has 0 saturated carbocycles. The number of benzene rings is 1. The summed E-state index contributed by atoms with van der Waals surface area (Å²) in [6.45, 7) is 1.88. The van der Waals surface area contributed by atoms with Crippen LogP contribution in [-0.4, -0.2) is 31.4 Å². The fraction of sp³-hybridized carbons (Fsp3) is 0.385. The molecule has 0 aromatic heterocycles. The smallest absolute Gasteiger partial charge is 0.321 e. The predicted molar refractivity (Wildman–Crippen MR) is 76.2 cm³/mol. The van der Waals surface area contributed by atoms with Gasteiger partial charge in [0, 0.05) is 5.56 Å². The molecule has 1 aromatic rings. The van der Waals surface area contributed by atoms with Crippen LogP contribution in [0.25, 0.3) is 0 Å². The number of carbonyl (C=O) groups is 2. The summed E-state index contributed by atoms with van der Waals surface area (Å²) in [6, 6.07) is 3.80. The first-order valence-electron chi connectivity index (χ1n) is 6.43. The second-order valence-electron chi connectivity index (χ2n) is 4.54. The van der Waals surface area contributed by atoms with Crippen LogP contribution in [0.5, 0.6) is 0 Å². The van der Waals surface area contributed by atoms with Gasteiger partial charge in [-0.15, -0.1) is 0 Å². The lowest BCUT2D eigenvalue weighted by Gasteiger charge is -2.14. The van der Waals surface area contributed by atoms with Gasteiger partial charge in [-0.25, -0.2) is 8.42 Å². The van der Waals surface area contributed by atoms with Crippen LogP contribution in [-0.2, 0) is 14.8 Å². The molecule has 1 amide bonds. The second-order valence-corrected chi connectivity index (χ2v) is 6.26. The van der Waals surface area contributed by atoms with Crippen molar-refractivity contribution in [2.24, 2.45) is 5.73 Å². The van der Waals surface area contributed by atoms with Gasteiger partial charge >= 0.3 is 5.97 Å². The van der Waals surface area contributed by atoms with E-state index in [1.807, 2.05) is 6.92 Å². The molecule has 116 valence electrons. The summed E-state index contributed by atoms with van der Waals surface area (Å²) < 4.78 is 26.4. The van der Waals surface area contributed by atoms with Gasteiger partial charge in [-0.05, 0) is 30.7 Å². The Kier molecular flexibility index (Phi) is 5.86. The molecule has 1 aromatic carbocycles. The third kappa shape index (κ3) is 4.83. The fourth-order valence-corrected chi connectivity index (χ4v) is 2.92. The number of carboxylic acid groups (broad SMARTS) is 1. The van der Waals surface area contributed by atoms with Crippen LogP contribution >= 0.6 is 0 Å². The number of aliphatic carboxylic acids is 1. The third-order valence-electron chi connectivity index (χ3n) is 2.89. The van der Waals surface area contributed by atoms with E-state index in [2.05, 4.69) is 4.72 Å². The highest BCUT2D eigenvalue weighted by Gasteiger charge is 2.24. The van der Waals surface area contributed by atoms with Crippen molar-refractivity contribution in [2.45, 2.75) is 37.1 Å². The number of hydrogen-bond donors (Lipinski definition) is 3. The van der Waals surface area contributed by atoms with E-state index in [1.165, 1.54) is 24.3 Å². The summed E-state index contributed by atoms with van der Waals surface area (Å²) in [5, 5.41) is 9.04. The van der Waals surface area contributed by atoms with Crippen LogP contribution in [0.4, 0.5) is 0 Å². The fourth-order valence-electron chi connectivity index (χ4n) is 1.69.